The highest BCUT2D eigenvalue weighted by atomic mass is 16.5. The summed E-state index contributed by atoms with van der Waals surface area (Å²) in [5.74, 6) is 0.674. The number of hydrogen-bond donors (Lipinski definition) is 1. The van der Waals surface area contributed by atoms with Gasteiger partial charge in [-0.25, -0.2) is 4.68 Å². The van der Waals surface area contributed by atoms with Crippen LogP contribution in [0, 0.1) is 20.8 Å². The van der Waals surface area contributed by atoms with Crippen LogP contribution in [0.1, 0.15) is 28.1 Å². The second-order valence-corrected chi connectivity index (χ2v) is 6.69. The molecule has 0 unspecified atom stereocenters. The highest BCUT2D eigenvalue weighted by Crippen LogP contribution is 2.20. The molecule has 0 radical (unpaired) electrons. The number of benzene rings is 2. The van der Waals surface area contributed by atoms with Gasteiger partial charge in [-0.1, -0.05) is 30.3 Å². The molecule has 0 atom stereocenters. The molecule has 1 N–H and O–H groups in total. The number of hydrogen-bond acceptors (Lipinski definition) is 3. The summed E-state index contributed by atoms with van der Waals surface area (Å²) in [7, 11) is 1.65. The number of ether oxygens (including phenoxy) is 1. The maximum Gasteiger partial charge on any atom is 0.244 e. The van der Waals surface area contributed by atoms with E-state index in [-0.39, 0.29) is 5.91 Å². The van der Waals surface area contributed by atoms with Crippen molar-refractivity contribution in [1.29, 1.82) is 0 Å². The Morgan fingerprint density at radius 1 is 1.14 bits per heavy atom. The van der Waals surface area contributed by atoms with Gasteiger partial charge in [-0.3, -0.25) is 4.79 Å². The molecule has 1 amide bonds. The molecule has 0 saturated carbocycles. The lowest BCUT2D eigenvalue weighted by Gasteiger charge is -2.08. The van der Waals surface area contributed by atoms with E-state index in [2.05, 4.69) is 10.4 Å². The largest absolute Gasteiger partial charge is 0.496 e. The van der Waals surface area contributed by atoms with Crippen LogP contribution in [0.2, 0.25) is 0 Å². The third-order valence-electron chi connectivity index (χ3n) is 4.69. The zero-order valence-electron chi connectivity index (χ0n) is 16.7. The summed E-state index contributed by atoms with van der Waals surface area (Å²) in [6.07, 6.45) is 3.37. The number of methoxy groups -OCH3 is 1. The molecule has 2 aromatic carbocycles. The quantitative estimate of drug-likeness (QED) is 0.659. The Morgan fingerprint density at radius 2 is 1.89 bits per heavy atom. The van der Waals surface area contributed by atoms with Crippen molar-refractivity contribution in [3.05, 3.63) is 82.7 Å². The van der Waals surface area contributed by atoms with Crippen LogP contribution < -0.4 is 10.1 Å². The fraction of sp³-hybridized carbons (Fsp3) is 0.217. The topological polar surface area (TPSA) is 56.1 Å². The molecule has 0 aliphatic rings. The molecule has 5 nitrogen and oxygen atoms in total. The van der Waals surface area contributed by atoms with Crippen LogP contribution in [0.4, 0.5) is 0 Å². The van der Waals surface area contributed by atoms with Crippen LogP contribution in [0.3, 0.4) is 0 Å². The summed E-state index contributed by atoms with van der Waals surface area (Å²) < 4.78 is 7.22. The van der Waals surface area contributed by atoms with Crippen molar-refractivity contribution in [2.24, 2.45) is 0 Å². The minimum Gasteiger partial charge on any atom is -0.496 e. The van der Waals surface area contributed by atoms with Gasteiger partial charge in [0.15, 0.2) is 0 Å². The Labute approximate surface area is 165 Å². The van der Waals surface area contributed by atoms with Crippen LogP contribution in [-0.2, 0) is 11.3 Å². The summed E-state index contributed by atoms with van der Waals surface area (Å²) in [5.41, 5.74) is 5.90. The van der Waals surface area contributed by atoms with Gasteiger partial charge in [0.1, 0.15) is 5.75 Å². The van der Waals surface area contributed by atoms with Gasteiger partial charge in [-0.05, 0) is 56.2 Å². The molecule has 1 heterocycles. The van der Waals surface area contributed by atoms with E-state index in [1.807, 2.05) is 80.1 Å². The molecule has 0 aliphatic carbocycles. The van der Waals surface area contributed by atoms with E-state index in [0.717, 1.165) is 39.5 Å². The van der Waals surface area contributed by atoms with Crippen molar-refractivity contribution in [2.45, 2.75) is 27.3 Å². The molecule has 1 aromatic heterocycles. The molecule has 0 saturated heterocycles. The van der Waals surface area contributed by atoms with E-state index in [1.54, 1.807) is 13.2 Å². The smallest absolute Gasteiger partial charge is 0.244 e. The van der Waals surface area contributed by atoms with Crippen LogP contribution in [0.5, 0.6) is 5.75 Å². The van der Waals surface area contributed by atoms with Gasteiger partial charge < -0.3 is 10.1 Å². The predicted octanol–water partition coefficient (Wildman–Crippen LogP) is 4.14. The van der Waals surface area contributed by atoms with Crippen LogP contribution >= 0.6 is 0 Å². The number of aromatic nitrogens is 2. The molecule has 3 rings (SSSR count). The number of carbonyl (C=O) groups is 1. The van der Waals surface area contributed by atoms with E-state index < -0.39 is 0 Å². The molecule has 0 spiro atoms. The average Bonchev–Trinajstić information content (AvgIpc) is 3.00. The molecule has 0 bridgehead atoms. The van der Waals surface area contributed by atoms with Gasteiger partial charge in [-0.2, -0.15) is 5.10 Å². The number of rotatable bonds is 6. The molecule has 28 heavy (non-hydrogen) atoms. The van der Waals surface area contributed by atoms with E-state index in [9.17, 15) is 4.79 Å². The summed E-state index contributed by atoms with van der Waals surface area (Å²) in [4.78, 5) is 12.3. The second-order valence-electron chi connectivity index (χ2n) is 6.69. The van der Waals surface area contributed by atoms with Gasteiger partial charge in [0.05, 0.1) is 18.5 Å². The van der Waals surface area contributed by atoms with Crippen LogP contribution in [-0.4, -0.2) is 22.8 Å². The highest BCUT2D eigenvalue weighted by molar-refractivity contribution is 5.92. The van der Waals surface area contributed by atoms with Crippen LogP contribution in [0.15, 0.2) is 54.6 Å². The number of para-hydroxylation sites is 1. The highest BCUT2D eigenvalue weighted by Gasteiger charge is 2.10. The monoisotopic (exact) mass is 375 g/mol. The Morgan fingerprint density at radius 3 is 2.61 bits per heavy atom. The van der Waals surface area contributed by atoms with Gasteiger partial charge in [0.25, 0.3) is 0 Å². The SMILES string of the molecule is COc1cc(CNC(=O)C=Cc2c(C)nn(-c3ccccc3)c2C)ccc1C. The molecular weight excluding hydrogens is 350 g/mol. The number of carbonyl (C=O) groups excluding carboxylic acids is 1. The minimum atomic E-state index is -0.147. The number of nitrogens with zero attached hydrogens (tertiary/aromatic N) is 2. The fourth-order valence-corrected chi connectivity index (χ4v) is 3.10. The summed E-state index contributed by atoms with van der Waals surface area (Å²) in [6, 6.07) is 15.9. The lowest BCUT2D eigenvalue weighted by atomic mass is 10.1. The van der Waals surface area contributed by atoms with Gasteiger partial charge in [0.2, 0.25) is 5.91 Å². The third-order valence-corrected chi connectivity index (χ3v) is 4.69. The average molecular weight is 375 g/mol. The Kier molecular flexibility index (Phi) is 5.94. The maximum atomic E-state index is 12.3. The fourth-order valence-electron chi connectivity index (χ4n) is 3.10. The standard InChI is InChI=1S/C23H25N3O2/c1-16-10-11-19(14-22(16)28-4)15-24-23(27)13-12-21-17(2)25-26(18(21)3)20-8-6-5-7-9-20/h5-14H,15H2,1-4H3,(H,24,27). The first-order valence-electron chi connectivity index (χ1n) is 9.20. The van der Waals surface area contributed by atoms with Crippen molar-refractivity contribution >= 4 is 12.0 Å². The van der Waals surface area contributed by atoms with Crippen molar-refractivity contribution in [3.63, 3.8) is 0 Å². The zero-order chi connectivity index (χ0) is 20.1. The zero-order valence-corrected chi connectivity index (χ0v) is 16.7. The second kappa shape index (κ2) is 8.57. The summed E-state index contributed by atoms with van der Waals surface area (Å²) in [6.45, 7) is 6.39. The Hall–Kier alpha value is -3.34. The van der Waals surface area contributed by atoms with Crippen molar-refractivity contribution in [2.75, 3.05) is 7.11 Å². The minimum absolute atomic E-state index is 0.147. The number of nitrogens with one attached hydrogen (secondary N) is 1. The Bertz CT molecular complexity index is 1000. The van der Waals surface area contributed by atoms with Crippen molar-refractivity contribution in [3.8, 4) is 11.4 Å². The summed E-state index contributed by atoms with van der Waals surface area (Å²) in [5, 5.41) is 7.51. The van der Waals surface area contributed by atoms with Gasteiger partial charge in [0, 0.05) is 23.9 Å². The Balaban J connectivity index is 1.68. The van der Waals surface area contributed by atoms with E-state index in [1.165, 1.54) is 0 Å². The van der Waals surface area contributed by atoms with Crippen molar-refractivity contribution < 1.29 is 9.53 Å². The molecule has 5 heteroatoms. The van der Waals surface area contributed by atoms with Crippen LogP contribution in [0.25, 0.3) is 11.8 Å². The normalized spacial score (nSPS) is 11.0. The number of aryl methyl sites for hydroxylation is 2. The lowest BCUT2D eigenvalue weighted by molar-refractivity contribution is -0.116. The van der Waals surface area contributed by atoms with E-state index >= 15 is 0 Å². The maximum absolute atomic E-state index is 12.3. The third kappa shape index (κ3) is 4.31. The molecular formula is C23H25N3O2. The molecule has 0 fully saturated rings. The molecule has 3 aromatic rings. The molecule has 144 valence electrons. The first-order chi connectivity index (χ1) is 13.5. The van der Waals surface area contributed by atoms with Crippen molar-refractivity contribution in [1.82, 2.24) is 15.1 Å². The number of amides is 1. The van der Waals surface area contributed by atoms with E-state index in [4.69, 9.17) is 4.74 Å². The van der Waals surface area contributed by atoms with Gasteiger partial charge >= 0.3 is 0 Å². The summed E-state index contributed by atoms with van der Waals surface area (Å²) >= 11 is 0. The first kappa shape index (κ1) is 19.4. The lowest BCUT2D eigenvalue weighted by Crippen LogP contribution is -2.20. The van der Waals surface area contributed by atoms with Gasteiger partial charge in [-0.15, -0.1) is 0 Å². The first-order valence-corrected chi connectivity index (χ1v) is 9.20. The van der Waals surface area contributed by atoms with E-state index in [0.29, 0.717) is 6.54 Å². The molecule has 0 aliphatic heterocycles. The predicted molar refractivity (Wildman–Crippen MR) is 112 cm³/mol.